The number of nitrogens with zero attached hydrogens (tertiary/aromatic N) is 1. The average molecular weight is 257 g/mol. The second-order valence-electron chi connectivity index (χ2n) is 4.41. The summed E-state index contributed by atoms with van der Waals surface area (Å²) in [5.74, 6) is -1.06. The van der Waals surface area contributed by atoms with Crippen molar-refractivity contribution >= 4 is 17.3 Å². The first kappa shape index (κ1) is 13.2. The Morgan fingerprint density at radius 1 is 1.47 bits per heavy atom. The monoisotopic (exact) mass is 257 g/mol. The van der Waals surface area contributed by atoms with Crippen molar-refractivity contribution in [1.82, 2.24) is 10.3 Å². The van der Waals surface area contributed by atoms with Gasteiger partial charge in [-0.15, -0.1) is 0 Å². The first-order valence-electron chi connectivity index (χ1n) is 6.02. The number of carbonyl (C=O) groups is 2. The highest BCUT2D eigenvalue weighted by Gasteiger charge is 2.25. The quantitative estimate of drug-likeness (QED) is 0.787. The lowest BCUT2D eigenvalue weighted by atomic mass is 9.97. The molecule has 0 radical (unpaired) electrons. The van der Waals surface area contributed by atoms with Crippen LogP contribution in [-0.4, -0.2) is 22.6 Å². The van der Waals surface area contributed by atoms with Crippen molar-refractivity contribution in [2.75, 3.05) is 0 Å². The molecule has 0 aliphatic heterocycles. The molecular formula is C14H15N3O2. The number of nitrogens with one attached hydrogen (secondary N) is 1. The highest BCUT2D eigenvalue weighted by molar-refractivity contribution is 6.50. The van der Waals surface area contributed by atoms with Crippen molar-refractivity contribution in [2.45, 2.75) is 19.4 Å². The Morgan fingerprint density at radius 3 is 3.00 bits per heavy atom. The van der Waals surface area contributed by atoms with E-state index in [0.717, 1.165) is 6.42 Å². The van der Waals surface area contributed by atoms with Crippen LogP contribution in [0.5, 0.6) is 0 Å². The number of carbonyl (C=O) groups excluding carboxylic acids is 2. The number of nitrogens with two attached hydrogens (primary N) is 1. The summed E-state index contributed by atoms with van der Waals surface area (Å²) in [6.07, 6.45) is 7.16. The van der Waals surface area contributed by atoms with Gasteiger partial charge in [0.1, 0.15) is 0 Å². The number of hydrogen-bond acceptors (Lipinski definition) is 5. The van der Waals surface area contributed by atoms with Crippen molar-refractivity contribution in [3.05, 3.63) is 47.9 Å². The summed E-state index contributed by atoms with van der Waals surface area (Å²) in [6.45, 7) is 1.91. The van der Waals surface area contributed by atoms with Gasteiger partial charge in [-0.25, -0.2) is 0 Å². The minimum absolute atomic E-state index is 0.0759. The zero-order valence-corrected chi connectivity index (χ0v) is 10.6. The molecule has 98 valence electrons. The molecule has 1 atom stereocenters. The third-order valence-corrected chi connectivity index (χ3v) is 2.67. The smallest absolute Gasteiger partial charge is 0.235 e. The molecule has 5 nitrogen and oxygen atoms in total. The molecule has 0 saturated carbocycles. The molecule has 0 fully saturated rings. The summed E-state index contributed by atoms with van der Waals surface area (Å²) in [4.78, 5) is 27.4. The van der Waals surface area contributed by atoms with E-state index in [1.807, 2.05) is 13.0 Å². The van der Waals surface area contributed by atoms with Crippen LogP contribution in [-0.2, 0) is 4.79 Å². The Bertz CT molecular complexity index is 574. The Morgan fingerprint density at radius 2 is 2.26 bits per heavy atom. The molecule has 5 heteroatoms. The van der Waals surface area contributed by atoms with E-state index in [4.69, 9.17) is 5.73 Å². The fraction of sp³-hybridized carbons (Fsp3) is 0.214. The Kier molecular flexibility index (Phi) is 3.87. The number of hydrogen-bond donors (Lipinski definition) is 2. The van der Waals surface area contributed by atoms with Crippen LogP contribution in [0.2, 0.25) is 0 Å². The van der Waals surface area contributed by atoms with E-state index in [-0.39, 0.29) is 6.04 Å². The Balaban J connectivity index is 2.21. The normalized spacial score (nSPS) is 16.2. The summed E-state index contributed by atoms with van der Waals surface area (Å²) in [5, 5.41) is 2.97. The lowest BCUT2D eigenvalue weighted by molar-refractivity contribution is -0.111. The molecule has 0 bridgehead atoms. The number of allylic oxidation sites excluding steroid dienone is 1. The van der Waals surface area contributed by atoms with Gasteiger partial charge >= 0.3 is 0 Å². The zero-order valence-electron chi connectivity index (χ0n) is 10.6. The van der Waals surface area contributed by atoms with Gasteiger partial charge in [-0.1, -0.05) is 6.08 Å². The third kappa shape index (κ3) is 2.95. The van der Waals surface area contributed by atoms with Gasteiger partial charge < -0.3 is 11.1 Å². The Labute approximate surface area is 111 Å². The molecule has 0 aromatic carbocycles. The molecule has 1 aliphatic rings. The van der Waals surface area contributed by atoms with Gasteiger partial charge in [0, 0.05) is 18.3 Å². The second kappa shape index (κ2) is 5.58. The topological polar surface area (TPSA) is 85.1 Å². The molecule has 0 spiro atoms. The molecule has 1 aromatic heterocycles. The molecule has 0 amide bonds. The molecular weight excluding hydrogens is 242 g/mol. The molecule has 2 rings (SSSR count). The van der Waals surface area contributed by atoms with Crippen LogP contribution >= 0.6 is 0 Å². The maximum absolute atomic E-state index is 11.7. The molecule has 19 heavy (non-hydrogen) atoms. The predicted molar refractivity (Wildman–Crippen MR) is 72.1 cm³/mol. The van der Waals surface area contributed by atoms with E-state index in [1.54, 1.807) is 24.5 Å². The highest BCUT2D eigenvalue weighted by Crippen LogP contribution is 2.20. The van der Waals surface area contributed by atoms with Gasteiger partial charge in [0.15, 0.2) is 0 Å². The molecule has 1 aromatic rings. The van der Waals surface area contributed by atoms with Crippen LogP contribution in [0.3, 0.4) is 0 Å². The number of Topliss-reactive ketones (excluding diaryl/α,β-unsaturated/α-hetero) is 1. The minimum atomic E-state index is -0.538. The van der Waals surface area contributed by atoms with Gasteiger partial charge in [0.2, 0.25) is 11.6 Å². The lowest BCUT2D eigenvalue weighted by Gasteiger charge is -2.14. The molecule has 1 aliphatic carbocycles. The van der Waals surface area contributed by atoms with E-state index in [1.165, 1.54) is 6.08 Å². The summed E-state index contributed by atoms with van der Waals surface area (Å²) >= 11 is 0. The first-order chi connectivity index (χ1) is 9.09. The fourth-order valence-corrected chi connectivity index (χ4v) is 1.74. The van der Waals surface area contributed by atoms with E-state index >= 15 is 0 Å². The number of rotatable bonds is 4. The van der Waals surface area contributed by atoms with Crippen LogP contribution < -0.4 is 11.1 Å². The fourth-order valence-electron chi connectivity index (χ4n) is 1.74. The van der Waals surface area contributed by atoms with E-state index in [9.17, 15) is 9.59 Å². The number of aromatic nitrogens is 1. The van der Waals surface area contributed by atoms with Crippen molar-refractivity contribution in [2.24, 2.45) is 5.73 Å². The minimum Gasteiger partial charge on any atom is -0.360 e. The van der Waals surface area contributed by atoms with Crippen LogP contribution in [0.25, 0.3) is 5.70 Å². The summed E-state index contributed by atoms with van der Waals surface area (Å²) in [6, 6.07) is 3.31. The van der Waals surface area contributed by atoms with Crippen molar-refractivity contribution in [3.63, 3.8) is 0 Å². The van der Waals surface area contributed by atoms with Gasteiger partial charge in [0.25, 0.3) is 0 Å². The standard InChI is InChI=1S/C14H15N3O2/c1-9(15)4-2-6-16-11-8-12(18)14(19)10-5-3-7-17-13(10)11/h2-3,5-9,16H,4,15H2,1H3/b6-2+. The van der Waals surface area contributed by atoms with Gasteiger partial charge in [-0.05, 0) is 31.7 Å². The van der Waals surface area contributed by atoms with Gasteiger partial charge in [-0.3, -0.25) is 14.6 Å². The van der Waals surface area contributed by atoms with Crippen LogP contribution in [0.15, 0.2) is 36.7 Å². The maximum atomic E-state index is 11.7. The van der Waals surface area contributed by atoms with Crippen LogP contribution in [0.1, 0.15) is 29.4 Å². The van der Waals surface area contributed by atoms with E-state index < -0.39 is 11.6 Å². The average Bonchev–Trinajstić information content (AvgIpc) is 2.40. The zero-order chi connectivity index (χ0) is 13.8. The first-order valence-corrected chi connectivity index (χ1v) is 6.02. The van der Waals surface area contributed by atoms with E-state index in [2.05, 4.69) is 10.3 Å². The number of pyridine rings is 1. The number of fused-ring (bicyclic) bond motifs is 1. The Hall–Kier alpha value is -2.27. The van der Waals surface area contributed by atoms with Crippen molar-refractivity contribution in [1.29, 1.82) is 0 Å². The van der Waals surface area contributed by atoms with Gasteiger partial charge in [-0.2, -0.15) is 0 Å². The van der Waals surface area contributed by atoms with Gasteiger partial charge in [0.05, 0.1) is 17.0 Å². The summed E-state index contributed by atoms with van der Waals surface area (Å²) in [5.41, 5.74) is 6.98. The lowest BCUT2D eigenvalue weighted by Crippen LogP contribution is -2.23. The largest absolute Gasteiger partial charge is 0.360 e. The maximum Gasteiger partial charge on any atom is 0.235 e. The third-order valence-electron chi connectivity index (χ3n) is 2.67. The van der Waals surface area contributed by atoms with Crippen LogP contribution in [0, 0.1) is 0 Å². The number of ketones is 2. The predicted octanol–water partition coefficient (Wildman–Crippen LogP) is 1.03. The van der Waals surface area contributed by atoms with E-state index in [0.29, 0.717) is 17.0 Å². The molecule has 1 unspecified atom stereocenters. The van der Waals surface area contributed by atoms with Crippen molar-refractivity contribution < 1.29 is 9.59 Å². The SMILES string of the molecule is CC(N)C/C=C/NC1=CC(=O)C(=O)c2cccnc21. The summed E-state index contributed by atoms with van der Waals surface area (Å²) < 4.78 is 0. The van der Waals surface area contributed by atoms with Crippen molar-refractivity contribution in [3.8, 4) is 0 Å². The highest BCUT2D eigenvalue weighted by atomic mass is 16.2. The van der Waals surface area contributed by atoms with Crippen LogP contribution in [0.4, 0.5) is 0 Å². The molecule has 1 heterocycles. The molecule has 0 saturated heterocycles. The molecule has 3 N–H and O–H groups in total. The summed E-state index contributed by atoms with van der Waals surface area (Å²) in [7, 11) is 0. The second-order valence-corrected chi connectivity index (χ2v) is 4.41.